The van der Waals surface area contributed by atoms with Crippen LogP contribution in [0.2, 0.25) is 0 Å². The first kappa shape index (κ1) is 13.9. The summed E-state index contributed by atoms with van der Waals surface area (Å²) in [6, 6.07) is 8.93. The van der Waals surface area contributed by atoms with E-state index >= 15 is 0 Å². The van der Waals surface area contributed by atoms with Gasteiger partial charge in [0.15, 0.2) is 0 Å². The maximum absolute atomic E-state index is 6.33. The normalized spacial score (nSPS) is 28.4. The summed E-state index contributed by atoms with van der Waals surface area (Å²) < 4.78 is 6.32. The van der Waals surface area contributed by atoms with Crippen LogP contribution in [0.4, 0.5) is 0 Å². The molecule has 2 aliphatic carbocycles. The quantitative estimate of drug-likeness (QED) is 0.894. The van der Waals surface area contributed by atoms with Gasteiger partial charge in [0.2, 0.25) is 0 Å². The van der Waals surface area contributed by atoms with Crippen molar-refractivity contribution in [1.29, 1.82) is 0 Å². The van der Waals surface area contributed by atoms with Crippen LogP contribution >= 0.6 is 0 Å². The van der Waals surface area contributed by atoms with E-state index in [1.807, 2.05) is 0 Å². The Bertz CT molecular complexity index is 462. The molecule has 0 saturated heterocycles. The fourth-order valence-electron chi connectivity index (χ4n) is 3.96. The highest BCUT2D eigenvalue weighted by atomic mass is 16.5. The molecular formula is C18H27NO. The third-order valence-electron chi connectivity index (χ3n) is 5.44. The van der Waals surface area contributed by atoms with E-state index < -0.39 is 0 Å². The molecule has 0 amide bonds. The molecule has 1 aromatic carbocycles. The van der Waals surface area contributed by atoms with Crippen molar-refractivity contribution in [1.82, 2.24) is 0 Å². The van der Waals surface area contributed by atoms with Gasteiger partial charge in [-0.3, -0.25) is 0 Å². The van der Waals surface area contributed by atoms with Crippen LogP contribution in [0.1, 0.15) is 63.9 Å². The van der Waals surface area contributed by atoms with Gasteiger partial charge < -0.3 is 10.5 Å². The number of benzene rings is 1. The van der Waals surface area contributed by atoms with Gasteiger partial charge >= 0.3 is 0 Å². The molecule has 2 unspecified atom stereocenters. The highest BCUT2D eigenvalue weighted by Crippen LogP contribution is 2.52. The molecule has 2 aliphatic rings. The van der Waals surface area contributed by atoms with Crippen LogP contribution in [-0.2, 0) is 0 Å². The van der Waals surface area contributed by atoms with Gasteiger partial charge in [-0.15, -0.1) is 0 Å². The molecule has 20 heavy (non-hydrogen) atoms. The zero-order chi connectivity index (χ0) is 14.2. The van der Waals surface area contributed by atoms with E-state index in [1.165, 1.54) is 37.7 Å². The van der Waals surface area contributed by atoms with Crippen molar-refractivity contribution in [3.8, 4) is 5.75 Å². The van der Waals surface area contributed by atoms with Crippen LogP contribution < -0.4 is 10.5 Å². The molecule has 0 aliphatic heterocycles. The van der Waals surface area contributed by atoms with Gasteiger partial charge in [-0.1, -0.05) is 45.2 Å². The molecular weight excluding hydrogens is 246 g/mol. The van der Waals surface area contributed by atoms with E-state index in [-0.39, 0.29) is 5.41 Å². The molecule has 1 aromatic rings. The van der Waals surface area contributed by atoms with E-state index in [4.69, 9.17) is 10.5 Å². The summed E-state index contributed by atoms with van der Waals surface area (Å²) in [7, 11) is 0. The number of hydrogen-bond acceptors (Lipinski definition) is 2. The average molecular weight is 273 g/mol. The Morgan fingerprint density at radius 3 is 2.60 bits per heavy atom. The van der Waals surface area contributed by atoms with Gasteiger partial charge in [0.05, 0.1) is 0 Å². The van der Waals surface area contributed by atoms with Crippen molar-refractivity contribution in [3.05, 3.63) is 29.8 Å². The third kappa shape index (κ3) is 2.35. The SMILES string of the molecule is CC(C)c1cccc(OC2CC(N)C23CCCCC3)c1. The molecule has 2 nitrogen and oxygen atoms in total. The molecule has 2 heteroatoms. The van der Waals surface area contributed by atoms with Gasteiger partial charge in [-0.05, 0) is 36.5 Å². The molecule has 110 valence electrons. The van der Waals surface area contributed by atoms with Crippen molar-refractivity contribution in [2.45, 2.75) is 70.4 Å². The summed E-state index contributed by atoms with van der Waals surface area (Å²) in [5.41, 5.74) is 7.95. The fourth-order valence-corrected chi connectivity index (χ4v) is 3.96. The lowest BCUT2D eigenvalue weighted by Gasteiger charge is -2.56. The Morgan fingerprint density at radius 1 is 1.20 bits per heavy atom. The van der Waals surface area contributed by atoms with E-state index in [1.54, 1.807) is 0 Å². The summed E-state index contributed by atoms with van der Waals surface area (Å²) in [6.45, 7) is 4.45. The van der Waals surface area contributed by atoms with Crippen molar-refractivity contribution in [3.63, 3.8) is 0 Å². The first-order valence-electron chi connectivity index (χ1n) is 8.14. The van der Waals surface area contributed by atoms with Crippen LogP contribution in [0, 0.1) is 5.41 Å². The Kier molecular flexibility index (Phi) is 3.76. The summed E-state index contributed by atoms with van der Waals surface area (Å²) in [6.07, 6.45) is 7.86. The molecule has 2 N–H and O–H groups in total. The first-order chi connectivity index (χ1) is 9.62. The van der Waals surface area contributed by atoms with Crippen LogP contribution in [-0.4, -0.2) is 12.1 Å². The van der Waals surface area contributed by atoms with Gasteiger partial charge in [0.1, 0.15) is 11.9 Å². The predicted molar refractivity (Wildman–Crippen MR) is 83.1 cm³/mol. The Morgan fingerprint density at radius 2 is 1.95 bits per heavy atom. The second kappa shape index (κ2) is 5.40. The van der Waals surface area contributed by atoms with E-state index in [0.717, 1.165) is 12.2 Å². The fraction of sp³-hybridized carbons (Fsp3) is 0.667. The van der Waals surface area contributed by atoms with E-state index in [0.29, 0.717) is 18.1 Å². The summed E-state index contributed by atoms with van der Waals surface area (Å²) >= 11 is 0. The predicted octanol–water partition coefficient (Wildman–Crippen LogP) is 4.24. The van der Waals surface area contributed by atoms with E-state index in [9.17, 15) is 0 Å². The van der Waals surface area contributed by atoms with Crippen molar-refractivity contribution < 1.29 is 4.74 Å². The third-order valence-corrected chi connectivity index (χ3v) is 5.44. The van der Waals surface area contributed by atoms with Gasteiger partial charge in [0.25, 0.3) is 0 Å². The molecule has 0 heterocycles. The first-order valence-corrected chi connectivity index (χ1v) is 8.14. The van der Waals surface area contributed by atoms with Gasteiger partial charge in [-0.25, -0.2) is 0 Å². The topological polar surface area (TPSA) is 35.2 Å². The standard InChI is InChI=1S/C18H27NO/c1-13(2)14-7-6-8-15(11-14)20-17-12-16(19)18(17)9-4-3-5-10-18/h6-8,11,13,16-17H,3-5,9-10,12,19H2,1-2H3. The number of rotatable bonds is 3. The largest absolute Gasteiger partial charge is 0.490 e. The average Bonchev–Trinajstić information content (AvgIpc) is 2.48. The molecule has 2 fully saturated rings. The smallest absolute Gasteiger partial charge is 0.120 e. The molecule has 2 saturated carbocycles. The molecule has 0 radical (unpaired) electrons. The lowest BCUT2D eigenvalue weighted by atomic mass is 9.55. The van der Waals surface area contributed by atoms with Crippen molar-refractivity contribution in [2.24, 2.45) is 11.1 Å². The van der Waals surface area contributed by atoms with Gasteiger partial charge in [-0.2, -0.15) is 0 Å². The second-order valence-corrected chi connectivity index (χ2v) is 6.97. The zero-order valence-corrected chi connectivity index (χ0v) is 12.8. The summed E-state index contributed by atoms with van der Waals surface area (Å²) in [5, 5.41) is 0. The van der Waals surface area contributed by atoms with Gasteiger partial charge in [0, 0.05) is 17.9 Å². The maximum Gasteiger partial charge on any atom is 0.120 e. The Balaban J connectivity index is 1.73. The van der Waals surface area contributed by atoms with Crippen LogP contribution in [0.3, 0.4) is 0 Å². The minimum Gasteiger partial charge on any atom is -0.490 e. The highest BCUT2D eigenvalue weighted by molar-refractivity contribution is 5.31. The summed E-state index contributed by atoms with van der Waals surface area (Å²) in [5.74, 6) is 1.57. The molecule has 3 rings (SSSR count). The second-order valence-electron chi connectivity index (χ2n) is 6.97. The number of hydrogen-bond donors (Lipinski definition) is 1. The van der Waals surface area contributed by atoms with Crippen LogP contribution in [0.15, 0.2) is 24.3 Å². The number of ether oxygens (including phenoxy) is 1. The monoisotopic (exact) mass is 273 g/mol. The number of nitrogens with two attached hydrogens (primary N) is 1. The van der Waals surface area contributed by atoms with Crippen molar-refractivity contribution >= 4 is 0 Å². The molecule has 1 spiro atoms. The van der Waals surface area contributed by atoms with Crippen LogP contribution in [0.25, 0.3) is 0 Å². The highest BCUT2D eigenvalue weighted by Gasteiger charge is 2.54. The summed E-state index contributed by atoms with van der Waals surface area (Å²) in [4.78, 5) is 0. The maximum atomic E-state index is 6.33. The minimum absolute atomic E-state index is 0.270. The minimum atomic E-state index is 0.270. The Hall–Kier alpha value is -1.02. The molecule has 0 aromatic heterocycles. The van der Waals surface area contributed by atoms with E-state index in [2.05, 4.69) is 38.1 Å². The lowest BCUT2D eigenvalue weighted by Crippen LogP contribution is -2.64. The zero-order valence-electron chi connectivity index (χ0n) is 12.8. The lowest BCUT2D eigenvalue weighted by molar-refractivity contribution is -0.0898. The Labute approximate surface area is 122 Å². The van der Waals surface area contributed by atoms with Crippen molar-refractivity contribution in [2.75, 3.05) is 0 Å². The molecule has 2 atom stereocenters. The van der Waals surface area contributed by atoms with Crippen LogP contribution in [0.5, 0.6) is 5.75 Å². The molecule has 0 bridgehead atoms.